The van der Waals surface area contributed by atoms with Crippen LogP contribution in [0.2, 0.25) is 0 Å². The first-order valence-corrected chi connectivity index (χ1v) is 6.35. The van der Waals surface area contributed by atoms with Crippen LogP contribution < -0.4 is 15.8 Å². The van der Waals surface area contributed by atoms with Crippen molar-refractivity contribution in [2.24, 2.45) is 11.1 Å². The van der Waals surface area contributed by atoms with Gasteiger partial charge in [0.05, 0.1) is 17.5 Å². The fourth-order valence-electron chi connectivity index (χ4n) is 2.11. The number of carbonyl (C=O) groups excluding carboxylic acids is 1. The van der Waals surface area contributed by atoms with Crippen molar-refractivity contribution >= 4 is 28.8 Å². The number of amides is 1. The number of anilines is 1. The van der Waals surface area contributed by atoms with Crippen LogP contribution in [-0.4, -0.2) is 18.0 Å². The van der Waals surface area contributed by atoms with Gasteiger partial charge in [-0.1, -0.05) is 18.6 Å². The SMILES string of the molecule is COc1ccc(NC(=O)C2(C(N)=S)CCC2)cc1F. The molecule has 1 aromatic carbocycles. The minimum Gasteiger partial charge on any atom is -0.494 e. The highest BCUT2D eigenvalue weighted by Crippen LogP contribution is 2.42. The maximum absolute atomic E-state index is 13.5. The molecular formula is C13H15FN2O2S. The lowest BCUT2D eigenvalue weighted by Crippen LogP contribution is -2.50. The summed E-state index contributed by atoms with van der Waals surface area (Å²) in [6.45, 7) is 0. The van der Waals surface area contributed by atoms with Crippen LogP contribution in [0, 0.1) is 11.2 Å². The van der Waals surface area contributed by atoms with Gasteiger partial charge in [-0.15, -0.1) is 0 Å². The Balaban J connectivity index is 2.15. The quantitative estimate of drug-likeness (QED) is 0.831. The second-order valence-corrected chi connectivity index (χ2v) is 5.04. The molecule has 1 saturated carbocycles. The minimum absolute atomic E-state index is 0.130. The highest BCUT2D eigenvalue weighted by Gasteiger charge is 2.46. The van der Waals surface area contributed by atoms with Crippen LogP contribution in [0.15, 0.2) is 18.2 Å². The Kier molecular flexibility index (Phi) is 3.71. The van der Waals surface area contributed by atoms with E-state index in [4.69, 9.17) is 22.7 Å². The second kappa shape index (κ2) is 5.13. The van der Waals surface area contributed by atoms with E-state index < -0.39 is 11.2 Å². The minimum atomic E-state index is -0.772. The first kappa shape index (κ1) is 13.7. The summed E-state index contributed by atoms with van der Waals surface area (Å²) in [4.78, 5) is 12.4. The standard InChI is InChI=1S/C13H15FN2O2S/c1-18-10-4-3-8(7-9(10)14)16-12(17)13(11(15)19)5-2-6-13/h3-4,7H,2,5-6H2,1H3,(H2,15,19)(H,16,17). The molecule has 0 atom stereocenters. The summed E-state index contributed by atoms with van der Waals surface area (Å²) in [6.07, 6.45) is 2.21. The molecule has 0 spiro atoms. The fourth-order valence-corrected chi connectivity index (χ4v) is 2.41. The van der Waals surface area contributed by atoms with Crippen molar-refractivity contribution in [3.8, 4) is 5.75 Å². The summed E-state index contributed by atoms with van der Waals surface area (Å²) >= 11 is 4.96. The molecule has 0 aliphatic heterocycles. The molecule has 3 N–H and O–H groups in total. The molecule has 2 rings (SSSR count). The summed E-state index contributed by atoms with van der Waals surface area (Å²) in [6, 6.07) is 4.24. The Labute approximate surface area is 116 Å². The first-order valence-electron chi connectivity index (χ1n) is 5.94. The predicted octanol–water partition coefficient (Wildman–Crippen LogP) is 2.23. The number of carbonyl (C=O) groups is 1. The third-order valence-corrected chi connectivity index (χ3v) is 3.91. The molecule has 0 saturated heterocycles. The number of benzene rings is 1. The lowest BCUT2D eigenvalue weighted by Gasteiger charge is -2.39. The summed E-state index contributed by atoms with van der Waals surface area (Å²) in [7, 11) is 1.38. The molecule has 102 valence electrons. The van der Waals surface area contributed by atoms with Crippen LogP contribution in [-0.2, 0) is 4.79 Å². The van der Waals surface area contributed by atoms with Crippen LogP contribution in [0.1, 0.15) is 19.3 Å². The van der Waals surface area contributed by atoms with E-state index in [-0.39, 0.29) is 16.6 Å². The van der Waals surface area contributed by atoms with E-state index in [1.807, 2.05) is 0 Å². The third-order valence-electron chi connectivity index (χ3n) is 3.52. The second-order valence-electron chi connectivity index (χ2n) is 4.60. The monoisotopic (exact) mass is 282 g/mol. The Bertz CT molecular complexity index is 529. The summed E-state index contributed by atoms with van der Waals surface area (Å²) in [5, 5.41) is 2.66. The molecule has 0 heterocycles. The third kappa shape index (κ3) is 2.40. The van der Waals surface area contributed by atoms with Gasteiger partial charge < -0.3 is 15.8 Å². The highest BCUT2D eigenvalue weighted by molar-refractivity contribution is 7.80. The van der Waals surface area contributed by atoms with Crippen molar-refractivity contribution in [3.05, 3.63) is 24.0 Å². The van der Waals surface area contributed by atoms with Crippen molar-refractivity contribution in [2.75, 3.05) is 12.4 Å². The number of nitrogens with two attached hydrogens (primary N) is 1. The average Bonchev–Trinajstić information content (AvgIpc) is 2.26. The van der Waals surface area contributed by atoms with Crippen molar-refractivity contribution in [1.82, 2.24) is 0 Å². The zero-order valence-electron chi connectivity index (χ0n) is 10.5. The van der Waals surface area contributed by atoms with E-state index in [0.717, 1.165) is 6.42 Å². The van der Waals surface area contributed by atoms with E-state index >= 15 is 0 Å². The number of hydrogen-bond donors (Lipinski definition) is 2. The van der Waals surface area contributed by atoms with Gasteiger partial charge in [-0.05, 0) is 25.0 Å². The molecule has 19 heavy (non-hydrogen) atoms. The fraction of sp³-hybridized carbons (Fsp3) is 0.385. The molecule has 1 aliphatic carbocycles. The van der Waals surface area contributed by atoms with Gasteiger partial charge in [-0.25, -0.2) is 4.39 Å². The number of nitrogens with one attached hydrogen (secondary N) is 1. The molecular weight excluding hydrogens is 267 g/mol. The van der Waals surface area contributed by atoms with E-state index in [1.165, 1.54) is 19.2 Å². The molecule has 1 aromatic rings. The first-order chi connectivity index (χ1) is 8.99. The number of methoxy groups -OCH3 is 1. The number of hydrogen-bond acceptors (Lipinski definition) is 3. The zero-order valence-corrected chi connectivity index (χ0v) is 11.3. The van der Waals surface area contributed by atoms with Gasteiger partial charge in [-0.3, -0.25) is 4.79 Å². The molecule has 6 heteroatoms. The van der Waals surface area contributed by atoms with Crippen LogP contribution in [0.25, 0.3) is 0 Å². The Morgan fingerprint density at radius 3 is 2.63 bits per heavy atom. The smallest absolute Gasteiger partial charge is 0.237 e. The van der Waals surface area contributed by atoms with Crippen molar-refractivity contribution in [2.45, 2.75) is 19.3 Å². The van der Waals surface area contributed by atoms with Gasteiger partial charge >= 0.3 is 0 Å². The van der Waals surface area contributed by atoms with Gasteiger partial charge in [0.2, 0.25) is 5.91 Å². The average molecular weight is 282 g/mol. The molecule has 4 nitrogen and oxygen atoms in total. The summed E-state index contributed by atoms with van der Waals surface area (Å²) in [5.41, 5.74) is 5.23. The number of ether oxygens (including phenoxy) is 1. The van der Waals surface area contributed by atoms with Crippen molar-refractivity contribution < 1.29 is 13.9 Å². The van der Waals surface area contributed by atoms with E-state index in [0.29, 0.717) is 18.5 Å². The molecule has 0 aromatic heterocycles. The Morgan fingerprint density at radius 1 is 1.53 bits per heavy atom. The number of thiocarbonyl (C=S) groups is 1. The Hall–Kier alpha value is -1.69. The van der Waals surface area contributed by atoms with E-state index in [9.17, 15) is 9.18 Å². The van der Waals surface area contributed by atoms with Gasteiger partial charge in [-0.2, -0.15) is 0 Å². The molecule has 0 bridgehead atoms. The van der Waals surface area contributed by atoms with Crippen LogP contribution in [0.5, 0.6) is 5.75 Å². The molecule has 0 unspecified atom stereocenters. The van der Waals surface area contributed by atoms with Gasteiger partial charge in [0.1, 0.15) is 0 Å². The lowest BCUT2D eigenvalue weighted by atomic mass is 9.68. The normalized spacial score (nSPS) is 16.3. The van der Waals surface area contributed by atoms with Gasteiger partial charge in [0, 0.05) is 11.8 Å². The van der Waals surface area contributed by atoms with E-state index in [1.54, 1.807) is 6.07 Å². The predicted molar refractivity (Wildman–Crippen MR) is 74.7 cm³/mol. The maximum Gasteiger partial charge on any atom is 0.237 e. The van der Waals surface area contributed by atoms with Gasteiger partial charge in [0.25, 0.3) is 0 Å². The number of halogens is 1. The highest BCUT2D eigenvalue weighted by atomic mass is 32.1. The molecule has 1 amide bonds. The topological polar surface area (TPSA) is 64.3 Å². The maximum atomic E-state index is 13.5. The van der Waals surface area contributed by atoms with Crippen LogP contribution in [0.4, 0.5) is 10.1 Å². The number of rotatable bonds is 4. The molecule has 1 aliphatic rings. The molecule has 1 fully saturated rings. The van der Waals surface area contributed by atoms with E-state index in [2.05, 4.69) is 5.32 Å². The largest absolute Gasteiger partial charge is 0.494 e. The zero-order chi connectivity index (χ0) is 14.0. The van der Waals surface area contributed by atoms with Crippen LogP contribution >= 0.6 is 12.2 Å². The van der Waals surface area contributed by atoms with Crippen molar-refractivity contribution in [3.63, 3.8) is 0 Å². The summed E-state index contributed by atoms with van der Waals surface area (Å²) < 4.78 is 18.3. The molecule has 0 radical (unpaired) electrons. The Morgan fingerprint density at radius 2 is 2.21 bits per heavy atom. The summed E-state index contributed by atoms with van der Waals surface area (Å²) in [5.74, 6) is -0.667. The van der Waals surface area contributed by atoms with Crippen LogP contribution in [0.3, 0.4) is 0 Å². The van der Waals surface area contributed by atoms with Crippen molar-refractivity contribution in [1.29, 1.82) is 0 Å². The van der Waals surface area contributed by atoms with Gasteiger partial charge in [0.15, 0.2) is 11.6 Å². The lowest BCUT2D eigenvalue weighted by molar-refractivity contribution is -0.125.